The van der Waals surface area contributed by atoms with Crippen LogP contribution in [0.2, 0.25) is 0 Å². The van der Waals surface area contributed by atoms with Crippen LogP contribution in [-0.2, 0) is 21.8 Å². The molecule has 0 aliphatic heterocycles. The van der Waals surface area contributed by atoms with Gasteiger partial charge in [-0.25, -0.2) is 12.1 Å². The van der Waals surface area contributed by atoms with Gasteiger partial charge in [0.05, 0.1) is 6.61 Å². The van der Waals surface area contributed by atoms with E-state index in [9.17, 15) is 4.79 Å². The van der Waals surface area contributed by atoms with Crippen LogP contribution in [-0.4, -0.2) is 18.3 Å². The molecule has 0 aromatic heterocycles. The molecule has 4 heteroatoms. The van der Waals surface area contributed by atoms with Crippen LogP contribution in [0.15, 0.2) is 54.6 Å². The molecule has 0 amide bonds. The Morgan fingerprint density at radius 3 is 1.65 bits per heavy atom. The molecule has 0 fully saturated rings. The summed E-state index contributed by atoms with van der Waals surface area (Å²) in [5.74, 6) is 0.822. The van der Waals surface area contributed by atoms with Crippen molar-refractivity contribution in [1.82, 2.24) is 0 Å². The van der Waals surface area contributed by atoms with Crippen LogP contribution in [0.25, 0.3) is 0 Å². The second kappa shape index (κ2) is 18.8. The standard InChI is InChI=1S/C17H27O2S.C5H5.Fe/c18-17(16-12-8-9-13-16)19-14-10-6-4-2-1-3-5-7-11-15-20;1-2-4-5-3-1;/h8-9,12-13,20H,1-7,10-11,14-15H2;1-5H;/q-1;-5;. The zero-order valence-corrected chi connectivity index (χ0v) is 17.6. The summed E-state index contributed by atoms with van der Waals surface area (Å²) >= 11 is 4.21. The van der Waals surface area contributed by atoms with Gasteiger partial charge in [-0.05, 0) is 18.6 Å². The van der Waals surface area contributed by atoms with Gasteiger partial charge in [0.1, 0.15) is 0 Å². The fourth-order valence-corrected chi connectivity index (χ4v) is 2.75. The Kier molecular flexibility index (Phi) is 18.1. The largest absolute Gasteiger partial charge is 0.748 e. The first-order valence-electron chi connectivity index (χ1n) is 9.51. The summed E-state index contributed by atoms with van der Waals surface area (Å²) in [4.78, 5) is 11.5. The Bertz CT molecular complexity index is 477. The maximum absolute atomic E-state index is 11.5. The van der Waals surface area contributed by atoms with Gasteiger partial charge in [-0.2, -0.15) is 24.8 Å². The van der Waals surface area contributed by atoms with E-state index in [4.69, 9.17) is 4.74 Å². The molecule has 0 saturated heterocycles. The number of hydrogen-bond acceptors (Lipinski definition) is 3. The monoisotopic (exact) mass is 416 g/mol. The molecule has 2 rings (SSSR count). The van der Waals surface area contributed by atoms with Crippen LogP contribution >= 0.6 is 12.6 Å². The first kappa shape index (κ1) is 25.0. The molecule has 0 aliphatic carbocycles. The van der Waals surface area contributed by atoms with Crippen molar-refractivity contribution >= 4 is 18.6 Å². The summed E-state index contributed by atoms with van der Waals surface area (Å²) in [7, 11) is 0. The Balaban J connectivity index is 0.000000893. The zero-order valence-electron chi connectivity index (χ0n) is 15.6. The smallest absolute Gasteiger partial charge is 0.281 e. The van der Waals surface area contributed by atoms with Crippen LogP contribution in [0.1, 0.15) is 68.1 Å². The quantitative estimate of drug-likeness (QED) is 0.142. The number of esters is 1. The van der Waals surface area contributed by atoms with Gasteiger partial charge >= 0.3 is 0 Å². The summed E-state index contributed by atoms with van der Waals surface area (Å²) in [5, 5.41) is 0. The zero-order chi connectivity index (χ0) is 18.0. The molecule has 0 aliphatic rings. The summed E-state index contributed by atoms with van der Waals surface area (Å²) in [5.41, 5.74) is 0.659. The van der Waals surface area contributed by atoms with Crippen molar-refractivity contribution in [2.75, 3.05) is 12.4 Å². The summed E-state index contributed by atoms with van der Waals surface area (Å²) < 4.78 is 5.21. The van der Waals surface area contributed by atoms with Gasteiger partial charge in [-0.15, -0.1) is 0 Å². The third-order valence-electron chi connectivity index (χ3n) is 3.99. The van der Waals surface area contributed by atoms with E-state index in [1.807, 2.05) is 42.5 Å². The maximum atomic E-state index is 11.5. The van der Waals surface area contributed by atoms with E-state index >= 15 is 0 Å². The fraction of sp³-hybridized carbons (Fsp3) is 0.500. The van der Waals surface area contributed by atoms with E-state index in [1.165, 1.54) is 44.9 Å². The molecule has 152 valence electrons. The van der Waals surface area contributed by atoms with E-state index in [0.717, 1.165) is 18.6 Å². The van der Waals surface area contributed by atoms with Gasteiger partial charge in [0.25, 0.3) is 5.97 Å². The number of carbonyl (C=O) groups is 1. The van der Waals surface area contributed by atoms with Gasteiger partial charge in [0.2, 0.25) is 0 Å². The summed E-state index contributed by atoms with van der Waals surface area (Å²) in [6.07, 6.45) is 11.3. The van der Waals surface area contributed by atoms with Crippen LogP contribution in [0.4, 0.5) is 0 Å². The van der Waals surface area contributed by atoms with E-state index in [2.05, 4.69) is 12.6 Å². The molecular weight excluding hydrogens is 384 g/mol. The van der Waals surface area contributed by atoms with Crippen LogP contribution in [0.5, 0.6) is 0 Å². The van der Waals surface area contributed by atoms with Crippen LogP contribution < -0.4 is 0 Å². The molecule has 0 bridgehead atoms. The number of rotatable bonds is 12. The van der Waals surface area contributed by atoms with Crippen molar-refractivity contribution in [3.05, 3.63) is 60.2 Å². The molecule has 0 saturated carbocycles. The van der Waals surface area contributed by atoms with Crippen molar-refractivity contribution in [3.63, 3.8) is 0 Å². The van der Waals surface area contributed by atoms with Crippen molar-refractivity contribution < 1.29 is 26.6 Å². The van der Waals surface area contributed by atoms with E-state index in [1.54, 1.807) is 12.1 Å². The van der Waals surface area contributed by atoms with Gasteiger partial charge in [-0.1, -0.05) is 50.5 Å². The molecule has 2 aromatic rings. The van der Waals surface area contributed by atoms with Gasteiger partial charge < -0.3 is 35.1 Å². The Hall–Kier alpha value is -0.961. The molecule has 0 N–H and O–H groups in total. The van der Waals surface area contributed by atoms with Crippen LogP contribution in [0.3, 0.4) is 0 Å². The Morgan fingerprint density at radius 1 is 0.769 bits per heavy atom. The molecule has 2 aromatic carbocycles. The third kappa shape index (κ3) is 14.2. The number of hydrogen-bond donors (Lipinski definition) is 1. The molecule has 0 unspecified atom stereocenters. The predicted octanol–water partition coefficient (Wildman–Crippen LogP) is 6.41. The summed E-state index contributed by atoms with van der Waals surface area (Å²) in [6, 6.07) is 17.3. The van der Waals surface area contributed by atoms with E-state index in [-0.39, 0.29) is 23.0 Å². The topological polar surface area (TPSA) is 26.3 Å². The molecule has 0 atom stereocenters. The molecule has 2 nitrogen and oxygen atoms in total. The molecular formula is C22H32FeO2S-6. The third-order valence-corrected chi connectivity index (χ3v) is 4.31. The molecule has 0 spiro atoms. The SMILES string of the molecule is O=C(OCCCCCCCCCCCS)[c-]1cccc1.[Fe].[cH-]1[cH-][cH-][cH-][cH-]1. The minimum Gasteiger partial charge on any atom is -0.748 e. The second-order valence-electron chi connectivity index (χ2n) is 6.18. The Morgan fingerprint density at radius 2 is 1.19 bits per heavy atom. The number of carbonyl (C=O) groups excluding carboxylic acids is 1. The van der Waals surface area contributed by atoms with E-state index < -0.39 is 0 Å². The fourth-order valence-electron chi connectivity index (χ4n) is 2.53. The number of unbranched alkanes of at least 4 members (excludes halogenated alkanes) is 8. The van der Waals surface area contributed by atoms with Crippen molar-refractivity contribution in [2.45, 2.75) is 57.8 Å². The normalized spacial score (nSPS) is 9.73. The number of thiol groups is 1. The second-order valence-corrected chi connectivity index (χ2v) is 6.62. The molecule has 0 heterocycles. The average Bonchev–Trinajstić information content (AvgIpc) is 3.35. The molecule has 0 radical (unpaired) electrons. The van der Waals surface area contributed by atoms with Crippen molar-refractivity contribution in [3.8, 4) is 0 Å². The average molecular weight is 416 g/mol. The predicted molar refractivity (Wildman–Crippen MR) is 110 cm³/mol. The van der Waals surface area contributed by atoms with Gasteiger partial charge in [-0.3, -0.25) is 4.79 Å². The minimum absolute atomic E-state index is 0. The first-order chi connectivity index (χ1) is 12.3. The molecule has 26 heavy (non-hydrogen) atoms. The van der Waals surface area contributed by atoms with Gasteiger partial charge in [0, 0.05) is 17.1 Å². The van der Waals surface area contributed by atoms with Crippen molar-refractivity contribution in [1.29, 1.82) is 0 Å². The van der Waals surface area contributed by atoms with Gasteiger partial charge in [0.15, 0.2) is 0 Å². The minimum atomic E-state index is -0.195. The van der Waals surface area contributed by atoms with E-state index in [0.29, 0.717) is 12.2 Å². The maximum Gasteiger partial charge on any atom is 0.281 e. The van der Waals surface area contributed by atoms with Crippen LogP contribution in [0, 0.1) is 0 Å². The Labute approximate surface area is 175 Å². The van der Waals surface area contributed by atoms with Crippen molar-refractivity contribution in [2.24, 2.45) is 0 Å². The first-order valence-corrected chi connectivity index (χ1v) is 10.1. The number of ether oxygens (including phenoxy) is 1. The summed E-state index contributed by atoms with van der Waals surface area (Å²) in [6.45, 7) is 0.548.